The first-order chi connectivity index (χ1) is 12.8. The molecule has 1 fully saturated rings. The second kappa shape index (κ2) is 12.2. The van der Waals surface area contributed by atoms with Gasteiger partial charge in [0.1, 0.15) is 0 Å². The van der Waals surface area contributed by atoms with Crippen molar-refractivity contribution in [3.8, 4) is 6.07 Å². The zero-order chi connectivity index (χ0) is 18.6. The Bertz CT molecular complexity index is 516. The van der Waals surface area contributed by atoms with Crippen molar-refractivity contribution in [3.05, 3.63) is 35.4 Å². The number of nitriles is 1. The zero-order valence-electron chi connectivity index (χ0n) is 17.2. The number of nitrogens with zero attached hydrogens (tertiary/aromatic N) is 1. The molecule has 1 aromatic carbocycles. The first kappa shape index (κ1) is 21.0. The molecule has 1 atom stereocenters. The lowest BCUT2D eigenvalue weighted by atomic mass is 9.73. The molecule has 1 aromatic rings. The topological polar surface area (TPSA) is 23.8 Å². The summed E-state index contributed by atoms with van der Waals surface area (Å²) in [5.41, 5.74) is 2.80. The predicted molar refractivity (Wildman–Crippen MR) is 112 cm³/mol. The highest BCUT2D eigenvalue weighted by Crippen LogP contribution is 2.36. The third-order valence-electron chi connectivity index (χ3n) is 6.39. The van der Waals surface area contributed by atoms with Crippen molar-refractivity contribution >= 4 is 0 Å². The van der Waals surface area contributed by atoms with E-state index in [0.29, 0.717) is 5.92 Å². The Hall–Kier alpha value is -1.29. The van der Waals surface area contributed by atoms with Crippen LogP contribution >= 0.6 is 0 Å². The average molecular weight is 354 g/mol. The van der Waals surface area contributed by atoms with Crippen LogP contribution in [0.2, 0.25) is 0 Å². The molecular formula is C25H39N. The standard InChI is InChI=1S/C25H39N/c1-3-5-7-9-21-11-13-23(14-12-21)19-25(20-26)24-17-15-22(16-18-24)10-8-6-4-2/h11-14,22,24-25H,3-10,15-19H2,1-2H3. The maximum Gasteiger partial charge on any atom is 0.0662 e. The zero-order valence-corrected chi connectivity index (χ0v) is 17.2. The van der Waals surface area contributed by atoms with Crippen molar-refractivity contribution in [3.63, 3.8) is 0 Å². The minimum Gasteiger partial charge on any atom is -0.198 e. The molecule has 0 bridgehead atoms. The second-order valence-corrected chi connectivity index (χ2v) is 8.49. The minimum atomic E-state index is 0.206. The maximum absolute atomic E-state index is 9.73. The van der Waals surface area contributed by atoms with E-state index in [1.54, 1.807) is 0 Å². The van der Waals surface area contributed by atoms with Gasteiger partial charge in [-0.25, -0.2) is 0 Å². The summed E-state index contributed by atoms with van der Waals surface area (Å²) in [4.78, 5) is 0. The Labute approximate surface area is 162 Å². The van der Waals surface area contributed by atoms with E-state index < -0.39 is 0 Å². The van der Waals surface area contributed by atoms with E-state index in [4.69, 9.17) is 0 Å². The Morgan fingerprint density at radius 1 is 0.885 bits per heavy atom. The van der Waals surface area contributed by atoms with Gasteiger partial charge >= 0.3 is 0 Å². The fraction of sp³-hybridized carbons (Fsp3) is 0.720. The summed E-state index contributed by atoms with van der Waals surface area (Å²) in [6, 6.07) is 11.7. The van der Waals surface area contributed by atoms with Crippen molar-refractivity contribution in [2.24, 2.45) is 17.8 Å². The Morgan fingerprint density at radius 3 is 2.12 bits per heavy atom. The summed E-state index contributed by atoms with van der Waals surface area (Å²) < 4.78 is 0. The van der Waals surface area contributed by atoms with Crippen molar-refractivity contribution in [1.29, 1.82) is 5.26 Å². The molecule has 1 unspecified atom stereocenters. The number of rotatable bonds is 11. The van der Waals surface area contributed by atoms with Crippen LogP contribution in [-0.2, 0) is 12.8 Å². The molecule has 1 heteroatoms. The minimum absolute atomic E-state index is 0.206. The van der Waals surface area contributed by atoms with Gasteiger partial charge in [-0.15, -0.1) is 0 Å². The van der Waals surface area contributed by atoms with Crippen LogP contribution in [0.1, 0.15) is 95.6 Å². The third-order valence-corrected chi connectivity index (χ3v) is 6.39. The van der Waals surface area contributed by atoms with Gasteiger partial charge in [0.25, 0.3) is 0 Å². The van der Waals surface area contributed by atoms with Crippen molar-refractivity contribution in [2.75, 3.05) is 0 Å². The van der Waals surface area contributed by atoms with Gasteiger partial charge < -0.3 is 0 Å². The van der Waals surface area contributed by atoms with Gasteiger partial charge in [-0.05, 0) is 55.1 Å². The first-order valence-electron chi connectivity index (χ1n) is 11.2. The Kier molecular flexibility index (Phi) is 9.83. The van der Waals surface area contributed by atoms with E-state index in [9.17, 15) is 5.26 Å². The predicted octanol–water partition coefficient (Wildman–Crippen LogP) is 7.49. The fourth-order valence-electron chi connectivity index (χ4n) is 4.56. The summed E-state index contributed by atoms with van der Waals surface area (Å²) in [5, 5.41) is 9.73. The van der Waals surface area contributed by atoms with Crippen molar-refractivity contribution < 1.29 is 0 Å². The summed E-state index contributed by atoms with van der Waals surface area (Å²) in [6.45, 7) is 4.54. The number of benzene rings is 1. The average Bonchev–Trinajstić information content (AvgIpc) is 2.68. The molecule has 26 heavy (non-hydrogen) atoms. The van der Waals surface area contributed by atoms with Gasteiger partial charge in [-0.2, -0.15) is 5.26 Å². The largest absolute Gasteiger partial charge is 0.198 e. The highest BCUT2D eigenvalue weighted by Gasteiger charge is 2.27. The van der Waals surface area contributed by atoms with Crippen LogP contribution in [0.5, 0.6) is 0 Å². The molecule has 1 nitrogen and oxygen atoms in total. The molecular weight excluding hydrogens is 314 g/mol. The molecule has 0 N–H and O–H groups in total. The van der Waals surface area contributed by atoms with Crippen LogP contribution in [-0.4, -0.2) is 0 Å². The summed E-state index contributed by atoms with van der Waals surface area (Å²) in [7, 11) is 0. The summed E-state index contributed by atoms with van der Waals surface area (Å²) >= 11 is 0. The van der Waals surface area contributed by atoms with Crippen LogP contribution < -0.4 is 0 Å². The summed E-state index contributed by atoms with van der Waals surface area (Å²) in [5.74, 6) is 1.75. The molecule has 0 saturated heterocycles. The molecule has 0 radical (unpaired) electrons. The second-order valence-electron chi connectivity index (χ2n) is 8.49. The van der Waals surface area contributed by atoms with Crippen LogP contribution in [0.25, 0.3) is 0 Å². The fourth-order valence-corrected chi connectivity index (χ4v) is 4.56. The van der Waals surface area contributed by atoms with Crippen LogP contribution in [0.15, 0.2) is 24.3 Å². The lowest BCUT2D eigenvalue weighted by Crippen LogP contribution is -2.22. The highest BCUT2D eigenvalue weighted by molar-refractivity contribution is 5.24. The van der Waals surface area contributed by atoms with E-state index in [2.05, 4.69) is 44.2 Å². The monoisotopic (exact) mass is 353 g/mol. The molecule has 0 spiro atoms. The molecule has 0 heterocycles. The molecule has 0 aliphatic heterocycles. The van der Waals surface area contributed by atoms with Gasteiger partial charge in [0.2, 0.25) is 0 Å². The molecule has 1 aliphatic carbocycles. The first-order valence-corrected chi connectivity index (χ1v) is 11.2. The SMILES string of the molecule is CCCCCc1ccc(CC(C#N)C2CCC(CCCCC)CC2)cc1. The van der Waals surface area contributed by atoms with Gasteiger partial charge in [0.05, 0.1) is 12.0 Å². The van der Waals surface area contributed by atoms with Crippen LogP contribution in [0.4, 0.5) is 0 Å². The van der Waals surface area contributed by atoms with E-state index in [1.807, 2.05) is 0 Å². The van der Waals surface area contributed by atoms with Crippen LogP contribution in [0.3, 0.4) is 0 Å². The number of hydrogen-bond donors (Lipinski definition) is 0. The number of unbranched alkanes of at least 4 members (excludes halogenated alkanes) is 4. The maximum atomic E-state index is 9.73. The molecule has 2 rings (SSSR count). The molecule has 144 valence electrons. The lowest BCUT2D eigenvalue weighted by molar-refractivity contribution is 0.221. The van der Waals surface area contributed by atoms with E-state index in [-0.39, 0.29) is 5.92 Å². The molecule has 0 amide bonds. The molecule has 1 aliphatic rings. The Balaban J connectivity index is 1.78. The van der Waals surface area contributed by atoms with Gasteiger partial charge in [0, 0.05) is 0 Å². The van der Waals surface area contributed by atoms with Gasteiger partial charge in [-0.3, -0.25) is 0 Å². The van der Waals surface area contributed by atoms with Crippen molar-refractivity contribution in [2.45, 2.75) is 97.3 Å². The number of aryl methyl sites for hydroxylation is 1. The number of hydrogen-bond acceptors (Lipinski definition) is 1. The highest BCUT2D eigenvalue weighted by atomic mass is 14.4. The Morgan fingerprint density at radius 2 is 1.50 bits per heavy atom. The van der Waals surface area contributed by atoms with Crippen molar-refractivity contribution in [1.82, 2.24) is 0 Å². The normalized spacial score (nSPS) is 21.3. The van der Waals surface area contributed by atoms with Gasteiger partial charge in [-0.1, -0.05) is 89.5 Å². The van der Waals surface area contributed by atoms with Crippen LogP contribution in [0, 0.1) is 29.1 Å². The third kappa shape index (κ3) is 7.14. The molecule has 1 saturated carbocycles. The molecule has 0 aromatic heterocycles. The van der Waals surface area contributed by atoms with E-state index in [1.165, 1.54) is 88.2 Å². The summed E-state index contributed by atoms with van der Waals surface area (Å²) in [6.07, 6.45) is 16.8. The van der Waals surface area contributed by atoms with E-state index >= 15 is 0 Å². The lowest BCUT2D eigenvalue weighted by Gasteiger charge is -2.31. The van der Waals surface area contributed by atoms with Gasteiger partial charge in [0.15, 0.2) is 0 Å². The smallest absolute Gasteiger partial charge is 0.0662 e. The van der Waals surface area contributed by atoms with E-state index in [0.717, 1.165) is 12.3 Å². The quantitative estimate of drug-likeness (QED) is 0.378.